The molecule has 1 aliphatic rings. The minimum absolute atomic E-state index is 0.0764. The van der Waals surface area contributed by atoms with E-state index in [9.17, 15) is 9.59 Å². The first-order valence-corrected chi connectivity index (χ1v) is 12.9. The molecular weight excluding hydrogens is 484 g/mol. The molecule has 1 unspecified atom stereocenters. The van der Waals surface area contributed by atoms with Gasteiger partial charge in [-0.1, -0.05) is 6.07 Å². The number of aryl methyl sites for hydroxylation is 1. The molecule has 0 aliphatic carbocycles. The Bertz CT molecular complexity index is 1680. The second kappa shape index (κ2) is 9.25. The van der Waals surface area contributed by atoms with E-state index in [1.807, 2.05) is 12.1 Å². The number of thiophene rings is 1. The smallest absolute Gasteiger partial charge is 0.254 e. The monoisotopic (exact) mass is 508 g/mol. The Morgan fingerprint density at radius 3 is 2.81 bits per heavy atom. The van der Waals surface area contributed by atoms with Gasteiger partial charge in [0, 0.05) is 48.1 Å². The number of likely N-dealkylation sites (tertiary alicyclic amines) is 1. The number of carbonyl (C=O) groups is 2. The Balaban J connectivity index is 1.37. The largest absolute Gasteiger partial charge is 0.354 e. The van der Waals surface area contributed by atoms with Gasteiger partial charge in [0.05, 0.1) is 28.5 Å². The number of nitrogens with zero attached hydrogens (tertiary/aromatic N) is 4. The summed E-state index contributed by atoms with van der Waals surface area (Å²) >= 11 is 1.73. The standard InChI is InChI=1S/C28H24N6O2S/c1-16-15-37-25-4-3-17(11-20(16)25)21-12-18(13-23-26(21)31-9-8-30-23)32-24-14-29-7-5-19(24)27(35)33-22-6-10-34(2)28(22)36/h3-5,7-9,11-15,22,32H,6,10H2,1-2H3,(H,33,35). The van der Waals surface area contributed by atoms with Crippen molar-refractivity contribution in [2.45, 2.75) is 19.4 Å². The summed E-state index contributed by atoms with van der Waals surface area (Å²) in [7, 11) is 1.74. The van der Waals surface area contributed by atoms with Crippen LogP contribution in [0.15, 0.2) is 66.6 Å². The Morgan fingerprint density at radius 1 is 1.11 bits per heavy atom. The molecule has 4 heterocycles. The molecular formula is C28H24N6O2S. The van der Waals surface area contributed by atoms with Gasteiger partial charge in [0.25, 0.3) is 5.91 Å². The van der Waals surface area contributed by atoms with Crippen molar-refractivity contribution < 1.29 is 9.59 Å². The van der Waals surface area contributed by atoms with Crippen molar-refractivity contribution in [3.63, 3.8) is 0 Å². The molecule has 9 heteroatoms. The van der Waals surface area contributed by atoms with Crippen molar-refractivity contribution in [2.24, 2.45) is 0 Å². The van der Waals surface area contributed by atoms with Crippen molar-refractivity contribution in [1.82, 2.24) is 25.2 Å². The van der Waals surface area contributed by atoms with Crippen LogP contribution in [-0.4, -0.2) is 51.3 Å². The van der Waals surface area contributed by atoms with E-state index in [2.05, 4.69) is 56.1 Å². The molecule has 0 radical (unpaired) electrons. The average molecular weight is 509 g/mol. The van der Waals surface area contributed by atoms with E-state index in [-0.39, 0.29) is 11.8 Å². The van der Waals surface area contributed by atoms with E-state index in [1.54, 1.807) is 54.1 Å². The summed E-state index contributed by atoms with van der Waals surface area (Å²) in [4.78, 5) is 40.4. The summed E-state index contributed by atoms with van der Waals surface area (Å²) < 4.78 is 1.24. The topological polar surface area (TPSA) is 100 Å². The van der Waals surface area contributed by atoms with Gasteiger partial charge < -0.3 is 15.5 Å². The summed E-state index contributed by atoms with van der Waals surface area (Å²) in [6, 6.07) is 11.5. The Hall–Kier alpha value is -4.37. The number of rotatable bonds is 5. The summed E-state index contributed by atoms with van der Waals surface area (Å²) in [6.07, 6.45) is 7.13. The van der Waals surface area contributed by atoms with Crippen LogP contribution in [0.3, 0.4) is 0 Å². The molecule has 0 saturated carbocycles. The van der Waals surface area contributed by atoms with E-state index in [4.69, 9.17) is 0 Å². The Morgan fingerprint density at radius 2 is 1.97 bits per heavy atom. The fourth-order valence-corrected chi connectivity index (χ4v) is 5.65. The molecule has 8 nitrogen and oxygen atoms in total. The third kappa shape index (κ3) is 4.27. The minimum Gasteiger partial charge on any atom is -0.354 e. The molecule has 2 N–H and O–H groups in total. The number of pyridine rings is 1. The van der Waals surface area contributed by atoms with E-state index < -0.39 is 6.04 Å². The van der Waals surface area contributed by atoms with Crippen LogP contribution < -0.4 is 10.6 Å². The van der Waals surface area contributed by atoms with Gasteiger partial charge in [-0.3, -0.25) is 24.5 Å². The third-order valence-corrected chi connectivity index (χ3v) is 7.81. The maximum Gasteiger partial charge on any atom is 0.254 e. The molecule has 2 aromatic carbocycles. The predicted octanol–water partition coefficient (Wildman–Crippen LogP) is 4.92. The third-order valence-electron chi connectivity index (χ3n) is 6.73. The minimum atomic E-state index is -0.517. The van der Waals surface area contributed by atoms with E-state index in [0.717, 1.165) is 27.8 Å². The molecule has 5 aromatic rings. The molecule has 0 bridgehead atoms. The van der Waals surface area contributed by atoms with Gasteiger partial charge in [0.2, 0.25) is 5.91 Å². The van der Waals surface area contributed by atoms with Crippen LogP contribution in [-0.2, 0) is 4.79 Å². The molecule has 1 fully saturated rings. The zero-order valence-corrected chi connectivity index (χ0v) is 21.2. The van der Waals surface area contributed by atoms with Gasteiger partial charge in [-0.15, -0.1) is 11.3 Å². The first-order valence-electron chi connectivity index (χ1n) is 12.0. The SMILES string of the molecule is Cc1csc2ccc(-c3cc(Nc4cnccc4C(=O)NC4CCN(C)C4=O)cc4nccnc34)cc12. The van der Waals surface area contributed by atoms with Gasteiger partial charge in [0.1, 0.15) is 6.04 Å². The number of carbonyl (C=O) groups excluding carboxylic acids is 2. The lowest BCUT2D eigenvalue weighted by molar-refractivity contribution is -0.128. The number of benzene rings is 2. The van der Waals surface area contributed by atoms with Crippen LogP contribution in [0, 0.1) is 6.92 Å². The highest BCUT2D eigenvalue weighted by Gasteiger charge is 2.31. The second-order valence-corrected chi connectivity index (χ2v) is 10.1. The average Bonchev–Trinajstić information content (AvgIpc) is 3.44. The van der Waals surface area contributed by atoms with Crippen LogP contribution >= 0.6 is 11.3 Å². The van der Waals surface area contributed by atoms with Gasteiger partial charge in [-0.2, -0.15) is 0 Å². The van der Waals surface area contributed by atoms with Crippen LogP contribution in [0.2, 0.25) is 0 Å². The van der Waals surface area contributed by atoms with Crippen LogP contribution in [0.25, 0.3) is 32.2 Å². The lowest BCUT2D eigenvalue weighted by Gasteiger charge is -2.16. The van der Waals surface area contributed by atoms with Crippen molar-refractivity contribution >= 4 is 55.6 Å². The summed E-state index contributed by atoms with van der Waals surface area (Å²) in [5.41, 5.74) is 6.46. The van der Waals surface area contributed by atoms with Crippen LogP contribution in [0.1, 0.15) is 22.3 Å². The van der Waals surface area contributed by atoms with Gasteiger partial charge in [-0.05, 0) is 65.6 Å². The zero-order chi connectivity index (χ0) is 25.5. The van der Waals surface area contributed by atoms with Crippen LogP contribution in [0.4, 0.5) is 11.4 Å². The molecule has 184 valence electrons. The highest BCUT2D eigenvalue weighted by Crippen LogP contribution is 2.35. The van der Waals surface area contributed by atoms with Crippen molar-refractivity contribution in [2.75, 3.05) is 18.9 Å². The summed E-state index contributed by atoms with van der Waals surface area (Å²) in [6.45, 7) is 2.74. The molecule has 1 saturated heterocycles. The van der Waals surface area contributed by atoms with Gasteiger partial charge in [-0.25, -0.2) is 0 Å². The normalized spacial score (nSPS) is 15.5. The number of amides is 2. The number of hydrogen-bond donors (Lipinski definition) is 2. The quantitative estimate of drug-likeness (QED) is 0.350. The zero-order valence-electron chi connectivity index (χ0n) is 20.4. The summed E-state index contributed by atoms with van der Waals surface area (Å²) in [5.74, 6) is -0.398. The van der Waals surface area contributed by atoms with Gasteiger partial charge in [0.15, 0.2) is 0 Å². The number of likely N-dealkylation sites (N-methyl/N-ethyl adjacent to an activating group) is 1. The maximum atomic E-state index is 13.1. The van der Waals surface area contributed by atoms with Crippen molar-refractivity contribution in [3.8, 4) is 11.1 Å². The molecule has 37 heavy (non-hydrogen) atoms. The highest BCUT2D eigenvalue weighted by molar-refractivity contribution is 7.17. The van der Waals surface area contributed by atoms with E-state index in [1.165, 1.54) is 15.6 Å². The van der Waals surface area contributed by atoms with Crippen molar-refractivity contribution in [1.29, 1.82) is 0 Å². The van der Waals surface area contributed by atoms with E-state index >= 15 is 0 Å². The molecule has 6 rings (SSSR count). The number of anilines is 2. The van der Waals surface area contributed by atoms with E-state index in [0.29, 0.717) is 24.2 Å². The number of hydrogen-bond acceptors (Lipinski definition) is 7. The Labute approximate surface area is 217 Å². The first-order chi connectivity index (χ1) is 18.0. The highest BCUT2D eigenvalue weighted by atomic mass is 32.1. The molecule has 3 aromatic heterocycles. The summed E-state index contributed by atoms with van der Waals surface area (Å²) in [5, 5.41) is 9.61. The Kier molecular flexibility index (Phi) is 5.77. The second-order valence-electron chi connectivity index (χ2n) is 9.20. The molecule has 1 atom stereocenters. The number of nitrogens with one attached hydrogen (secondary N) is 2. The number of fused-ring (bicyclic) bond motifs is 2. The fourth-order valence-electron chi connectivity index (χ4n) is 4.73. The molecule has 2 amide bonds. The first kappa shape index (κ1) is 23.1. The maximum absolute atomic E-state index is 13.1. The van der Waals surface area contributed by atoms with Crippen LogP contribution in [0.5, 0.6) is 0 Å². The lowest BCUT2D eigenvalue weighted by atomic mass is 10.0. The fraction of sp³-hybridized carbons (Fsp3) is 0.179. The van der Waals surface area contributed by atoms with Gasteiger partial charge >= 0.3 is 0 Å². The molecule has 1 aliphatic heterocycles. The van der Waals surface area contributed by atoms with Crippen molar-refractivity contribution in [3.05, 3.63) is 77.7 Å². The lowest BCUT2D eigenvalue weighted by Crippen LogP contribution is -2.40. The number of aromatic nitrogens is 3. The predicted molar refractivity (Wildman–Crippen MR) is 146 cm³/mol. The molecule has 0 spiro atoms.